The summed E-state index contributed by atoms with van der Waals surface area (Å²) in [6.07, 6.45) is 0.729. The lowest BCUT2D eigenvalue weighted by atomic mass is 10.1. The summed E-state index contributed by atoms with van der Waals surface area (Å²) in [5.41, 5.74) is 0. The van der Waals surface area contributed by atoms with Crippen molar-refractivity contribution in [3.63, 3.8) is 0 Å². The van der Waals surface area contributed by atoms with Gasteiger partial charge in [0.25, 0.3) is 0 Å². The lowest BCUT2D eigenvalue weighted by molar-refractivity contribution is -0.143. The molecule has 0 aliphatic heterocycles. The molecule has 0 aliphatic carbocycles. The highest BCUT2D eigenvalue weighted by molar-refractivity contribution is 5.95. The van der Waals surface area contributed by atoms with Crippen LogP contribution < -0.4 is 0 Å². The second-order valence-corrected chi connectivity index (χ2v) is 3.97. The maximum atomic E-state index is 11.8. The molecule has 0 amide bonds. The van der Waals surface area contributed by atoms with Crippen LogP contribution in [0.1, 0.15) is 54.2 Å². The number of rotatable bonds is 8. The van der Waals surface area contributed by atoms with Crippen molar-refractivity contribution in [2.45, 2.75) is 33.1 Å². The van der Waals surface area contributed by atoms with Gasteiger partial charge in [-0.2, -0.15) is 0 Å². The van der Waals surface area contributed by atoms with Gasteiger partial charge in [0.15, 0.2) is 11.5 Å². The maximum Gasteiger partial charge on any atom is 0.374 e. The number of Topliss-reactive ketones (excluding diaryl/α,β-unsaturated/α-hetero) is 1. The van der Waals surface area contributed by atoms with Crippen LogP contribution in [-0.4, -0.2) is 30.9 Å². The zero-order valence-electron chi connectivity index (χ0n) is 11.6. The van der Waals surface area contributed by atoms with Crippen molar-refractivity contribution in [1.82, 2.24) is 0 Å². The van der Waals surface area contributed by atoms with E-state index in [1.54, 1.807) is 13.8 Å². The Morgan fingerprint density at radius 3 is 2.30 bits per heavy atom. The Kier molecular flexibility index (Phi) is 6.49. The van der Waals surface area contributed by atoms with Gasteiger partial charge < -0.3 is 13.9 Å². The molecule has 1 heterocycles. The number of ketones is 1. The van der Waals surface area contributed by atoms with Gasteiger partial charge in [-0.15, -0.1) is 0 Å². The first-order valence-electron chi connectivity index (χ1n) is 6.54. The molecule has 0 unspecified atom stereocenters. The molecule has 1 aromatic heterocycles. The lowest BCUT2D eigenvalue weighted by Gasteiger charge is -2.00. The van der Waals surface area contributed by atoms with Gasteiger partial charge in [0.2, 0.25) is 5.76 Å². The molecule has 0 saturated heterocycles. The fraction of sp³-hybridized carbons (Fsp3) is 0.500. The fourth-order valence-electron chi connectivity index (χ4n) is 1.55. The van der Waals surface area contributed by atoms with E-state index < -0.39 is 5.97 Å². The molecule has 0 spiro atoms. The average molecular weight is 282 g/mol. The molecule has 1 aromatic rings. The number of carbonyl (C=O) groups is 3. The van der Waals surface area contributed by atoms with Crippen LogP contribution in [0.15, 0.2) is 16.5 Å². The first-order valence-corrected chi connectivity index (χ1v) is 6.54. The third-order valence-electron chi connectivity index (χ3n) is 2.45. The van der Waals surface area contributed by atoms with Crippen LogP contribution in [0.4, 0.5) is 0 Å². The summed E-state index contributed by atoms with van der Waals surface area (Å²) in [6, 6.07) is 2.83. The number of carbonyl (C=O) groups excluding carboxylic acids is 3. The Balaban J connectivity index is 2.44. The summed E-state index contributed by atoms with van der Waals surface area (Å²) in [6.45, 7) is 3.97. The van der Waals surface area contributed by atoms with E-state index >= 15 is 0 Å². The van der Waals surface area contributed by atoms with E-state index in [1.165, 1.54) is 12.1 Å². The standard InChI is InChI=1S/C14H18O6/c1-3-18-13(16)7-5-6-10(15)11-8-9-12(20-11)14(17)19-4-2/h8-9H,3-7H2,1-2H3. The normalized spacial score (nSPS) is 10.1. The van der Waals surface area contributed by atoms with Crippen molar-refractivity contribution >= 4 is 17.7 Å². The zero-order valence-corrected chi connectivity index (χ0v) is 11.6. The Hall–Kier alpha value is -2.11. The molecular weight excluding hydrogens is 264 g/mol. The average Bonchev–Trinajstić information content (AvgIpc) is 2.89. The number of furan rings is 1. The molecule has 6 heteroatoms. The Morgan fingerprint density at radius 2 is 1.65 bits per heavy atom. The van der Waals surface area contributed by atoms with Crippen LogP contribution in [0.25, 0.3) is 0 Å². The van der Waals surface area contributed by atoms with E-state index in [2.05, 4.69) is 0 Å². The van der Waals surface area contributed by atoms with Crippen LogP contribution in [0.5, 0.6) is 0 Å². The molecule has 6 nitrogen and oxygen atoms in total. The molecular formula is C14H18O6. The second kappa shape index (κ2) is 8.14. The molecule has 0 aromatic carbocycles. The maximum absolute atomic E-state index is 11.8. The third-order valence-corrected chi connectivity index (χ3v) is 2.45. The van der Waals surface area contributed by atoms with Gasteiger partial charge in [0, 0.05) is 12.8 Å². The minimum Gasteiger partial charge on any atom is -0.466 e. The summed E-state index contributed by atoms with van der Waals surface area (Å²) in [4.78, 5) is 34.3. The van der Waals surface area contributed by atoms with E-state index in [-0.39, 0.29) is 42.7 Å². The largest absolute Gasteiger partial charge is 0.466 e. The minimum atomic E-state index is -0.599. The second-order valence-electron chi connectivity index (χ2n) is 3.97. The van der Waals surface area contributed by atoms with E-state index in [9.17, 15) is 14.4 Å². The Bertz CT molecular complexity index is 474. The van der Waals surface area contributed by atoms with Crippen LogP contribution in [-0.2, 0) is 14.3 Å². The smallest absolute Gasteiger partial charge is 0.374 e. The SMILES string of the molecule is CCOC(=O)CCCC(=O)c1ccc(C(=O)OCC)o1. The van der Waals surface area contributed by atoms with Gasteiger partial charge >= 0.3 is 11.9 Å². The zero-order chi connectivity index (χ0) is 15.0. The first-order chi connectivity index (χ1) is 9.58. The first kappa shape index (κ1) is 15.9. The van der Waals surface area contributed by atoms with Crippen molar-refractivity contribution in [2.75, 3.05) is 13.2 Å². The summed E-state index contributed by atoms with van der Waals surface area (Å²) < 4.78 is 14.6. The van der Waals surface area contributed by atoms with E-state index in [1.807, 2.05) is 0 Å². The predicted octanol–water partition coefficient (Wildman–Crippen LogP) is 2.37. The summed E-state index contributed by atoms with van der Waals surface area (Å²) >= 11 is 0. The molecule has 110 valence electrons. The highest BCUT2D eigenvalue weighted by atomic mass is 16.5. The van der Waals surface area contributed by atoms with Gasteiger partial charge in [-0.25, -0.2) is 4.79 Å². The molecule has 20 heavy (non-hydrogen) atoms. The van der Waals surface area contributed by atoms with Crippen molar-refractivity contribution < 1.29 is 28.3 Å². The third kappa shape index (κ3) is 4.87. The van der Waals surface area contributed by atoms with Crippen molar-refractivity contribution in [3.05, 3.63) is 23.7 Å². The van der Waals surface area contributed by atoms with E-state index in [4.69, 9.17) is 13.9 Å². The molecule has 1 rings (SSSR count). The minimum absolute atomic E-state index is 0.000549. The van der Waals surface area contributed by atoms with Crippen LogP contribution in [0, 0.1) is 0 Å². The highest BCUT2D eigenvalue weighted by Crippen LogP contribution is 2.13. The van der Waals surface area contributed by atoms with Gasteiger partial charge in [0.05, 0.1) is 13.2 Å². The quantitative estimate of drug-likeness (QED) is 0.537. The number of hydrogen-bond acceptors (Lipinski definition) is 6. The lowest BCUT2D eigenvalue weighted by Crippen LogP contribution is -2.05. The highest BCUT2D eigenvalue weighted by Gasteiger charge is 2.16. The topological polar surface area (TPSA) is 82.8 Å². The number of esters is 2. The van der Waals surface area contributed by atoms with Gasteiger partial charge in [0.1, 0.15) is 0 Å². The molecule has 0 saturated carbocycles. The molecule has 0 fully saturated rings. The van der Waals surface area contributed by atoms with E-state index in [0.717, 1.165) is 0 Å². The molecule has 0 aliphatic rings. The van der Waals surface area contributed by atoms with Crippen molar-refractivity contribution in [2.24, 2.45) is 0 Å². The van der Waals surface area contributed by atoms with Crippen LogP contribution in [0.3, 0.4) is 0 Å². The van der Waals surface area contributed by atoms with Crippen molar-refractivity contribution in [1.29, 1.82) is 0 Å². The van der Waals surface area contributed by atoms with Gasteiger partial charge in [-0.05, 0) is 32.4 Å². The molecule has 0 radical (unpaired) electrons. The fourth-order valence-corrected chi connectivity index (χ4v) is 1.55. The monoisotopic (exact) mass is 282 g/mol. The molecule has 0 N–H and O–H groups in total. The summed E-state index contributed by atoms with van der Waals surface area (Å²) in [5.74, 6) is -1.09. The van der Waals surface area contributed by atoms with Crippen LogP contribution in [0.2, 0.25) is 0 Å². The number of ether oxygens (including phenoxy) is 2. The molecule has 0 bridgehead atoms. The Morgan fingerprint density at radius 1 is 1.00 bits per heavy atom. The summed E-state index contributed by atoms with van der Waals surface area (Å²) in [5, 5.41) is 0. The van der Waals surface area contributed by atoms with Gasteiger partial charge in [-0.3, -0.25) is 9.59 Å². The van der Waals surface area contributed by atoms with Gasteiger partial charge in [-0.1, -0.05) is 0 Å². The van der Waals surface area contributed by atoms with E-state index in [0.29, 0.717) is 13.0 Å². The predicted molar refractivity (Wildman–Crippen MR) is 69.5 cm³/mol. The van der Waals surface area contributed by atoms with Crippen molar-refractivity contribution in [3.8, 4) is 0 Å². The molecule has 0 atom stereocenters. The Labute approximate surface area is 117 Å². The number of hydrogen-bond donors (Lipinski definition) is 0. The summed E-state index contributed by atoms with van der Waals surface area (Å²) in [7, 11) is 0. The van der Waals surface area contributed by atoms with Crippen LogP contribution >= 0.6 is 0 Å².